The molecule has 2 saturated carbocycles. The fraction of sp³-hybridized carbons (Fsp3) is 1.00. The molecule has 1 nitrogen and oxygen atoms in total. The van der Waals surface area contributed by atoms with Crippen LogP contribution in [0.3, 0.4) is 0 Å². The van der Waals surface area contributed by atoms with Gasteiger partial charge in [0.2, 0.25) is 0 Å². The summed E-state index contributed by atoms with van der Waals surface area (Å²) in [5.74, 6) is 2.90. The Morgan fingerprint density at radius 2 is 1.83 bits per heavy atom. The lowest BCUT2D eigenvalue weighted by Crippen LogP contribution is -2.44. The van der Waals surface area contributed by atoms with E-state index in [1.165, 1.54) is 51.5 Å². The van der Waals surface area contributed by atoms with Gasteiger partial charge in [-0.05, 0) is 49.0 Å². The summed E-state index contributed by atoms with van der Waals surface area (Å²) in [5.41, 5.74) is 0.612. The van der Waals surface area contributed by atoms with Crippen molar-refractivity contribution in [2.24, 2.45) is 23.2 Å². The molecule has 18 heavy (non-hydrogen) atoms. The molecule has 2 fully saturated rings. The molecule has 0 aliphatic heterocycles. The molecule has 0 bridgehead atoms. The molecule has 106 valence electrons. The zero-order valence-corrected chi connectivity index (χ0v) is 13.0. The highest BCUT2D eigenvalue weighted by atomic mass is 14.9. The van der Waals surface area contributed by atoms with Crippen LogP contribution in [0.15, 0.2) is 0 Å². The van der Waals surface area contributed by atoms with Crippen LogP contribution in [0.2, 0.25) is 0 Å². The highest BCUT2D eigenvalue weighted by Gasteiger charge is 2.52. The quantitative estimate of drug-likeness (QED) is 0.726. The summed E-state index contributed by atoms with van der Waals surface area (Å²) in [6, 6.07) is 0.810. The van der Waals surface area contributed by atoms with Gasteiger partial charge in [0.05, 0.1) is 0 Å². The summed E-state index contributed by atoms with van der Waals surface area (Å²) < 4.78 is 0. The highest BCUT2D eigenvalue weighted by molar-refractivity contribution is 5.05. The fourth-order valence-corrected chi connectivity index (χ4v) is 4.24. The van der Waals surface area contributed by atoms with E-state index in [2.05, 4.69) is 33.0 Å². The number of rotatable bonds is 6. The van der Waals surface area contributed by atoms with E-state index in [0.29, 0.717) is 5.41 Å². The third-order valence-corrected chi connectivity index (χ3v) is 5.61. The van der Waals surface area contributed by atoms with E-state index in [9.17, 15) is 0 Å². The van der Waals surface area contributed by atoms with E-state index in [1.807, 2.05) is 0 Å². The largest absolute Gasteiger partial charge is 0.313 e. The van der Waals surface area contributed by atoms with E-state index in [1.54, 1.807) is 0 Å². The van der Waals surface area contributed by atoms with E-state index in [4.69, 9.17) is 0 Å². The van der Waals surface area contributed by atoms with Crippen LogP contribution in [0.25, 0.3) is 0 Å². The minimum absolute atomic E-state index is 0.612. The van der Waals surface area contributed by atoms with Gasteiger partial charge in [0, 0.05) is 6.04 Å². The van der Waals surface area contributed by atoms with Crippen LogP contribution in [-0.2, 0) is 0 Å². The van der Waals surface area contributed by atoms with Crippen molar-refractivity contribution < 1.29 is 0 Å². The van der Waals surface area contributed by atoms with Crippen molar-refractivity contribution in [1.29, 1.82) is 0 Å². The van der Waals surface area contributed by atoms with E-state index in [0.717, 1.165) is 23.8 Å². The summed E-state index contributed by atoms with van der Waals surface area (Å²) in [4.78, 5) is 0. The maximum atomic E-state index is 3.92. The maximum absolute atomic E-state index is 3.92. The minimum Gasteiger partial charge on any atom is -0.313 e. The Kier molecular flexibility index (Phi) is 4.75. The van der Waals surface area contributed by atoms with E-state index in [-0.39, 0.29) is 0 Å². The van der Waals surface area contributed by atoms with Gasteiger partial charge in [-0.3, -0.25) is 0 Å². The molecule has 2 aliphatic carbocycles. The van der Waals surface area contributed by atoms with Crippen molar-refractivity contribution in [3.05, 3.63) is 0 Å². The lowest BCUT2D eigenvalue weighted by atomic mass is 9.72. The standard InChI is InChI=1S/C17H33N/c1-5-11-18-16(15-12-17(15,3)4)14-10-8-7-9-13(14)6-2/h13-16,18H,5-12H2,1-4H3. The van der Waals surface area contributed by atoms with E-state index < -0.39 is 0 Å². The zero-order chi connectivity index (χ0) is 13.2. The molecule has 0 aromatic heterocycles. The van der Waals surface area contributed by atoms with Gasteiger partial charge in [-0.1, -0.05) is 53.4 Å². The molecule has 0 saturated heterocycles. The third kappa shape index (κ3) is 3.10. The van der Waals surface area contributed by atoms with Crippen LogP contribution >= 0.6 is 0 Å². The predicted octanol–water partition coefficient (Wildman–Crippen LogP) is 4.62. The van der Waals surface area contributed by atoms with Crippen molar-refractivity contribution in [3.63, 3.8) is 0 Å². The van der Waals surface area contributed by atoms with Crippen LogP contribution in [0.5, 0.6) is 0 Å². The Labute approximate surface area is 114 Å². The molecule has 0 heterocycles. The summed E-state index contributed by atoms with van der Waals surface area (Å²) in [5, 5.41) is 3.92. The first kappa shape index (κ1) is 14.4. The second-order valence-electron chi connectivity index (χ2n) is 7.40. The average Bonchev–Trinajstić information content (AvgIpc) is 2.99. The molecule has 4 unspecified atom stereocenters. The summed E-state index contributed by atoms with van der Waals surface area (Å²) in [6.45, 7) is 10.8. The SMILES string of the molecule is CCCNC(C1CCCCC1CC)C1CC1(C)C. The van der Waals surface area contributed by atoms with Crippen molar-refractivity contribution in [2.75, 3.05) is 6.54 Å². The predicted molar refractivity (Wildman–Crippen MR) is 79.7 cm³/mol. The molecule has 1 heteroatoms. The Balaban J connectivity index is 2.02. The lowest BCUT2D eigenvalue weighted by molar-refractivity contribution is 0.153. The Bertz CT molecular complexity index is 258. The summed E-state index contributed by atoms with van der Waals surface area (Å²) >= 11 is 0. The topological polar surface area (TPSA) is 12.0 Å². The maximum Gasteiger partial charge on any atom is 0.0131 e. The van der Waals surface area contributed by atoms with Gasteiger partial charge >= 0.3 is 0 Å². The lowest BCUT2D eigenvalue weighted by Gasteiger charge is -2.38. The van der Waals surface area contributed by atoms with Gasteiger partial charge in [-0.15, -0.1) is 0 Å². The Morgan fingerprint density at radius 3 is 2.39 bits per heavy atom. The van der Waals surface area contributed by atoms with Gasteiger partial charge in [-0.25, -0.2) is 0 Å². The summed E-state index contributed by atoms with van der Waals surface area (Å²) in [6.07, 6.45) is 10.0. The molecular formula is C17H33N. The van der Waals surface area contributed by atoms with Crippen LogP contribution in [0, 0.1) is 23.2 Å². The van der Waals surface area contributed by atoms with Gasteiger partial charge in [-0.2, -0.15) is 0 Å². The van der Waals surface area contributed by atoms with Gasteiger partial charge < -0.3 is 5.32 Å². The van der Waals surface area contributed by atoms with Crippen molar-refractivity contribution in [2.45, 2.75) is 78.7 Å². The van der Waals surface area contributed by atoms with Crippen LogP contribution in [0.4, 0.5) is 0 Å². The van der Waals surface area contributed by atoms with Crippen LogP contribution < -0.4 is 5.32 Å². The molecule has 0 radical (unpaired) electrons. The normalized spacial score (nSPS) is 36.3. The number of hydrogen-bond acceptors (Lipinski definition) is 1. The third-order valence-electron chi connectivity index (χ3n) is 5.61. The van der Waals surface area contributed by atoms with Crippen molar-refractivity contribution in [1.82, 2.24) is 5.32 Å². The molecule has 2 aliphatic rings. The molecule has 0 amide bonds. The van der Waals surface area contributed by atoms with Gasteiger partial charge in [0.1, 0.15) is 0 Å². The van der Waals surface area contributed by atoms with Crippen LogP contribution in [0.1, 0.15) is 72.6 Å². The summed E-state index contributed by atoms with van der Waals surface area (Å²) in [7, 11) is 0. The molecule has 4 atom stereocenters. The molecule has 1 N–H and O–H groups in total. The average molecular weight is 251 g/mol. The molecule has 0 aromatic carbocycles. The minimum atomic E-state index is 0.612. The first-order valence-corrected chi connectivity index (χ1v) is 8.33. The Morgan fingerprint density at radius 1 is 1.17 bits per heavy atom. The molecule has 2 rings (SSSR count). The molecule has 0 spiro atoms. The Hall–Kier alpha value is -0.0400. The van der Waals surface area contributed by atoms with Crippen molar-refractivity contribution in [3.8, 4) is 0 Å². The second-order valence-corrected chi connectivity index (χ2v) is 7.40. The molecule has 0 aromatic rings. The highest BCUT2D eigenvalue weighted by Crippen LogP contribution is 2.56. The number of hydrogen-bond donors (Lipinski definition) is 1. The number of nitrogens with one attached hydrogen (secondary N) is 1. The molecular weight excluding hydrogens is 218 g/mol. The van der Waals surface area contributed by atoms with Gasteiger partial charge in [0.25, 0.3) is 0 Å². The second kappa shape index (κ2) is 5.94. The van der Waals surface area contributed by atoms with E-state index >= 15 is 0 Å². The van der Waals surface area contributed by atoms with Crippen LogP contribution in [-0.4, -0.2) is 12.6 Å². The van der Waals surface area contributed by atoms with Crippen molar-refractivity contribution >= 4 is 0 Å². The first-order valence-electron chi connectivity index (χ1n) is 8.33. The monoisotopic (exact) mass is 251 g/mol. The van der Waals surface area contributed by atoms with Gasteiger partial charge in [0.15, 0.2) is 0 Å². The zero-order valence-electron chi connectivity index (χ0n) is 13.0. The smallest absolute Gasteiger partial charge is 0.0131 e. The first-order chi connectivity index (χ1) is 8.60. The fourth-order valence-electron chi connectivity index (χ4n) is 4.24.